The van der Waals surface area contributed by atoms with Gasteiger partial charge in [-0.15, -0.1) is 0 Å². The lowest BCUT2D eigenvalue weighted by molar-refractivity contribution is 0.0543. The van der Waals surface area contributed by atoms with Crippen molar-refractivity contribution in [3.63, 3.8) is 0 Å². The van der Waals surface area contributed by atoms with Crippen molar-refractivity contribution >= 4 is 16.7 Å². The summed E-state index contributed by atoms with van der Waals surface area (Å²) in [5, 5.41) is 4.42. The minimum Gasteiger partial charge on any atom is -0.454 e. The van der Waals surface area contributed by atoms with E-state index in [4.69, 9.17) is 14.2 Å². The highest BCUT2D eigenvalue weighted by Crippen LogP contribution is 2.41. The van der Waals surface area contributed by atoms with Crippen LogP contribution in [0, 0.1) is 0 Å². The predicted octanol–water partition coefficient (Wildman–Crippen LogP) is 3.38. The van der Waals surface area contributed by atoms with Gasteiger partial charge in [-0.05, 0) is 37.0 Å². The molecule has 7 heteroatoms. The topological polar surface area (TPSA) is 65.5 Å². The standard InChI is InChI=1S/C18H23N3O3S/c1-2-3-16-20-17(25-21-16)19-11-18(6-8-22-9-7-18)13-4-5-14-15(10-13)24-12-23-14/h4-5,10H,2-3,6-9,11-12H2,1H3,(H,19,20,21). The van der Waals surface area contributed by atoms with Gasteiger partial charge in [-0.2, -0.15) is 4.37 Å². The molecule has 2 aliphatic heterocycles. The highest BCUT2D eigenvalue weighted by molar-refractivity contribution is 7.09. The Morgan fingerprint density at radius 2 is 2.04 bits per heavy atom. The van der Waals surface area contributed by atoms with Crippen molar-refractivity contribution in [1.29, 1.82) is 0 Å². The van der Waals surface area contributed by atoms with E-state index in [9.17, 15) is 0 Å². The van der Waals surface area contributed by atoms with Crippen molar-refractivity contribution in [2.24, 2.45) is 0 Å². The van der Waals surface area contributed by atoms with Gasteiger partial charge in [-0.3, -0.25) is 0 Å². The van der Waals surface area contributed by atoms with Crippen molar-refractivity contribution in [2.75, 3.05) is 31.9 Å². The Labute approximate surface area is 151 Å². The Morgan fingerprint density at radius 3 is 2.88 bits per heavy atom. The molecule has 0 radical (unpaired) electrons. The fraction of sp³-hybridized carbons (Fsp3) is 0.556. The largest absolute Gasteiger partial charge is 0.454 e. The smallest absolute Gasteiger partial charge is 0.231 e. The summed E-state index contributed by atoms with van der Waals surface area (Å²) >= 11 is 1.44. The first-order valence-corrected chi connectivity index (χ1v) is 9.61. The number of rotatable bonds is 6. The van der Waals surface area contributed by atoms with Gasteiger partial charge >= 0.3 is 0 Å². The molecule has 134 valence electrons. The normalized spacial score (nSPS) is 18.3. The summed E-state index contributed by atoms with van der Waals surface area (Å²) in [4.78, 5) is 4.59. The SMILES string of the molecule is CCCc1nsc(NCC2(c3ccc4c(c3)OCO4)CCOCC2)n1. The van der Waals surface area contributed by atoms with Crippen LogP contribution in [0.2, 0.25) is 0 Å². The number of nitrogens with zero attached hydrogens (tertiary/aromatic N) is 2. The lowest BCUT2D eigenvalue weighted by Gasteiger charge is -2.38. The minimum atomic E-state index is 0.00974. The average molecular weight is 361 g/mol. The Morgan fingerprint density at radius 1 is 1.20 bits per heavy atom. The third-order valence-electron chi connectivity index (χ3n) is 4.95. The molecule has 0 bridgehead atoms. The van der Waals surface area contributed by atoms with Crippen LogP contribution < -0.4 is 14.8 Å². The number of nitrogens with one attached hydrogen (secondary N) is 1. The van der Waals surface area contributed by atoms with Crippen LogP contribution in [0.5, 0.6) is 11.5 Å². The summed E-state index contributed by atoms with van der Waals surface area (Å²) in [6, 6.07) is 6.29. The fourth-order valence-corrected chi connectivity index (χ4v) is 4.06. The molecule has 0 unspecified atom stereocenters. The lowest BCUT2D eigenvalue weighted by atomic mass is 9.74. The third kappa shape index (κ3) is 3.43. The molecule has 0 saturated carbocycles. The molecule has 1 fully saturated rings. The number of fused-ring (bicyclic) bond motifs is 1. The lowest BCUT2D eigenvalue weighted by Crippen LogP contribution is -2.40. The highest BCUT2D eigenvalue weighted by Gasteiger charge is 2.35. The molecule has 25 heavy (non-hydrogen) atoms. The van der Waals surface area contributed by atoms with Crippen LogP contribution in [0.15, 0.2) is 18.2 Å². The molecule has 2 aromatic rings. The quantitative estimate of drug-likeness (QED) is 0.851. The second-order valence-electron chi connectivity index (χ2n) is 6.58. The fourth-order valence-electron chi connectivity index (χ4n) is 3.45. The molecule has 4 rings (SSSR count). The van der Waals surface area contributed by atoms with Crippen LogP contribution in [0.25, 0.3) is 0 Å². The van der Waals surface area contributed by atoms with Gasteiger partial charge in [0.25, 0.3) is 0 Å². The summed E-state index contributed by atoms with van der Waals surface area (Å²) in [5.74, 6) is 2.59. The first-order valence-electron chi connectivity index (χ1n) is 8.83. The number of ether oxygens (including phenoxy) is 3. The zero-order valence-corrected chi connectivity index (χ0v) is 15.2. The molecule has 0 atom stereocenters. The summed E-state index contributed by atoms with van der Waals surface area (Å²) in [5.41, 5.74) is 1.28. The molecular weight excluding hydrogens is 338 g/mol. The van der Waals surface area contributed by atoms with E-state index in [2.05, 4.69) is 33.7 Å². The van der Waals surface area contributed by atoms with Crippen LogP contribution in [-0.2, 0) is 16.6 Å². The number of anilines is 1. The molecule has 2 aliphatic rings. The maximum absolute atomic E-state index is 5.62. The van der Waals surface area contributed by atoms with Crippen LogP contribution >= 0.6 is 11.5 Å². The summed E-state index contributed by atoms with van der Waals surface area (Å²) in [6.45, 7) is 4.81. The number of aryl methyl sites for hydroxylation is 1. The average Bonchev–Trinajstić information content (AvgIpc) is 3.29. The van der Waals surface area contributed by atoms with Crippen LogP contribution in [-0.4, -0.2) is 35.9 Å². The molecule has 3 heterocycles. The molecule has 0 spiro atoms. The summed E-state index contributed by atoms with van der Waals surface area (Å²) < 4.78 is 21.1. The second-order valence-corrected chi connectivity index (χ2v) is 7.33. The summed E-state index contributed by atoms with van der Waals surface area (Å²) in [7, 11) is 0. The van der Waals surface area contributed by atoms with E-state index < -0.39 is 0 Å². The van der Waals surface area contributed by atoms with Gasteiger partial charge in [0.2, 0.25) is 11.9 Å². The van der Waals surface area contributed by atoms with Gasteiger partial charge < -0.3 is 19.5 Å². The van der Waals surface area contributed by atoms with E-state index in [1.807, 2.05) is 6.07 Å². The third-order valence-corrected chi connectivity index (χ3v) is 5.67. The van der Waals surface area contributed by atoms with Gasteiger partial charge in [0, 0.05) is 43.1 Å². The Kier molecular flexibility index (Phi) is 4.76. The van der Waals surface area contributed by atoms with Crippen molar-refractivity contribution in [3.8, 4) is 11.5 Å². The minimum absolute atomic E-state index is 0.00974. The first kappa shape index (κ1) is 16.6. The van der Waals surface area contributed by atoms with E-state index in [0.29, 0.717) is 6.79 Å². The van der Waals surface area contributed by atoms with E-state index in [0.717, 1.165) is 67.9 Å². The van der Waals surface area contributed by atoms with E-state index in [1.165, 1.54) is 17.1 Å². The first-order chi connectivity index (χ1) is 12.3. The van der Waals surface area contributed by atoms with Crippen molar-refractivity contribution < 1.29 is 14.2 Å². The van der Waals surface area contributed by atoms with E-state index in [-0.39, 0.29) is 5.41 Å². The molecule has 0 aliphatic carbocycles. The molecule has 6 nitrogen and oxygen atoms in total. The predicted molar refractivity (Wildman–Crippen MR) is 96.7 cm³/mol. The Balaban J connectivity index is 1.54. The molecule has 1 saturated heterocycles. The number of hydrogen-bond acceptors (Lipinski definition) is 7. The monoisotopic (exact) mass is 361 g/mol. The van der Waals surface area contributed by atoms with Gasteiger partial charge in [0.05, 0.1) is 0 Å². The van der Waals surface area contributed by atoms with Crippen molar-refractivity contribution in [3.05, 3.63) is 29.6 Å². The molecular formula is C18H23N3O3S. The van der Waals surface area contributed by atoms with Crippen molar-refractivity contribution in [2.45, 2.75) is 38.0 Å². The van der Waals surface area contributed by atoms with Gasteiger partial charge in [-0.25, -0.2) is 4.98 Å². The Hall–Kier alpha value is -1.86. The zero-order valence-electron chi connectivity index (χ0n) is 14.4. The van der Waals surface area contributed by atoms with Crippen LogP contribution in [0.3, 0.4) is 0 Å². The van der Waals surface area contributed by atoms with Gasteiger partial charge in [0.15, 0.2) is 11.5 Å². The molecule has 0 amide bonds. The number of hydrogen-bond donors (Lipinski definition) is 1. The zero-order chi connectivity index (χ0) is 17.1. The van der Waals surface area contributed by atoms with Gasteiger partial charge in [0.1, 0.15) is 5.82 Å². The molecule has 1 aromatic heterocycles. The van der Waals surface area contributed by atoms with E-state index in [1.54, 1.807) is 0 Å². The maximum Gasteiger partial charge on any atom is 0.231 e. The summed E-state index contributed by atoms with van der Waals surface area (Å²) in [6.07, 6.45) is 3.94. The van der Waals surface area contributed by atoms with E-state index >= 15 is 0 Å². The van der Waals surface area contributed by atoms with Crippen LogP contribution in [0.1, 0.15) is 37.6 Å². The molecule has 1 N–H and O–H groups in total. The Bertz CT molecular complexity index is 728. The maximum atomic E-state index is 5.62. The second kappa shape index (κ2) is 7.17. The number of aromatic nitrogens is 2. The number of benzene rings is 1. The van der Waals surface area contributed by atoms with Crippen molar-refractivity contribution in [1.82, 2.24) is 9.36 Å². The van der Waals surface area contributed by atoms with Gasteiger partial charge in [-0.1, -0.05) is 13.0 Å². The highest BCUT2D eigenvalue weighted by atomic mass is 32.1. The molecule has 1 aromatic carbocycles. The van der Waals surface area contributed by atoms with Crippen LogP contribution in [0.4, 0.5) is 5.13 Å².